The van der Waals surface area contributed by atoms with Gasteiger partial charge in [0.15, 0.2) is 5.69 Å². The Morgan fingerprint density at radius 3 is 2.54 bits per heavy atom. The predicted molar refractivity (Wildman–Crippen MR) is 101 cm³/mol. The summed E-state index contributed by atoms with van der Waals surface area (Å²) >= 11 is 0. The molecule has 1 aromatic heterocycles. The van der Waals surface area contributed by atoms with Gasteiger partial charge in [0.25, 0.3) is 5.91 Å². The van der Waals surface area contributed by atoms with E-state index in [0.29, 0.717) is 11.3 Å². The Labute approximate surface area is 153 Å². The van der Waals surface area contributed by atoms with Crippen LogP contribution in [0.15, 0.2) is 47.0 Å². The smallest absolute Gasteiger partial charge is 0.278 e. The molecule has 0 bridgehead atoms. The Morgan fingerprint density at radius 1 is 1.08 bits per heavy atom. The molecule has 2 aromatic carbocycles. The molecule has 3 rings (SSSR count). The molecule has 0 saturated heterocycles. The molecule has 0 saturated carbocycles. The summed E-state index contributed by atoms with van der Waals surface area (Å²) in [5.41, 5.74) is 4.96. The van der Waals surface area contributed by atoms with Crippen LogP contribution in [0.5, 0.6) is 5.75 Å². The van der Waals surface area contributed by atoms with Gasteiger partial charge in [-0.05, 0) is 57.0 Å². The number of rotatable bonds is 5. The molecule has 1 heterocycles. The van der Waals surface area contributed by atoms with E-state index in [4.69, 9.17) is 9.26 Å². The lowest BCUT2D eigenvalue weighted by Gasteiger charge is -2.10. The fourth-order valence-electron chi connectivity index (χ4n) is 2.60. The summed E-state index contributed by atoms with van der Waals surface area (Å²) in [5, 5.41) is 6.83. The number of amides is 1. The van der Waals surface area contributed by atoms with Gasteiger partial charge in [-0.2, -0.15) is 0 Å². The maximum absolute atomic E-state index is 12.7. The first kappa shape index (κ1) is 17.7. The summed E-state index contributed by atoms with van der Waals surface area (Å²) in [7, 11) is 0. The number of carbonyl (C=O) groups excluding carboxylic acids is 1. The van der Waals surface area contributed by atoms with Crippen LogP contribution in [0.25, 0.3) is 0 Å². The number of aromatic nitrogens is 1. The maximum Gasteiger partial charge on any atom is 0.278 e. The van der Waals surface area contributed by atoms with Gasteiger partial charge in [0.05, 0.1) is 5.56 Å². The van der Waals surface area contributed by atoms with Crippen LogP contribution in [-0.4, -0.2) is 11.1 Å². The van der Waals surface area contributed by atoms with Crippen LogP contribution in [-0.2, 0) is 6.61 Å². The number of aryl methyl sites for hydroxylation is 3. The van der Waals surface area contributed by atoms with Gasteiger partial charge in [-0.15, -0.1) is 0 Å². The quantitative estimate of drug-likeness (QED) is 0.722. The van der Waals surface area contributed by atoms with Crippen molar-refractivity contribution in [1.29, 1.82) is 0 Å². The monoisotopic (exact) mass is 350 g/mol. The Morgan fingerprint density at radius 2 is 1.81 bits per heavy atom. The van der Waals surface area contributed by atoms with Crippen LogP contribution in [0.3, 0.4) is 0 Å². The highest BCUT2D eigenvalue weighted by molar-refractivity contribution is 6.04. The molecule has 1 amide bonds. The van der Waals surface area contributed by atoms with Gasteiger partial charge >= 0.3 is 0 Å². The van der Waals surface area contributed by atoms with E-state index in [1.165, 1.54) is 0 Å². The summed E-state index contributed by atoms with van der Waals surface area (Å²) < 4.78 is 11.0. The zero-order valence-electron chi connectivity index (χ0n) is 15.4. The first-order valence-electron chi connectivity index (χ1n) is 8.48. The number of hydrogen-bond donors (Lipinski definition) is 1. The molecule has 0 aliphatic rings. The molecule has 0 atom stereocenters. The molecule has 0 aliphatic carbocycles. The molecule has 134 valence electrons. The van der Waals surface area contributed by atoms with Crippen LogP contribution < -0.4 is 10.1 Å². The second kappa shape index (κ2) is 7.44. The lowest BCUT2D eigenvalue weighted by atomic mass is 10.1. The van der Waals surface area contributed by atoms with Crippen LogP contribution in [0.2, 0.25) is 0 Å². The highest BCUT2D eigenvalue weighted by atomic mass is 16.5. The molecular weight excluding hydrogens is 328 g/mol. The van der Waals surface area contributed by atoms with Crippen LogP contribution in [0, 0.1) is 27.7 Å². The summed E-state index contributed by atoms with van der Waals surface area (Å²) in [6.45, 7) is 7.99. The Hall–Kier alpha value is -3.08. The van der Waals surface area contributed by atoms with Crippen molar-refractivity contribution in [3.63, 3.8) is 0 Å². The first-order chi connectivity index (χ1) is 12.5. The Balaban J connectivity index is 1.77. The zero-order chi connectivity index (χ0) is 18.7. The molecule has 5 heteroatoms. The Kier molecular flexibility index (Phi) is 5.07. The molecular formula is C21H22N2O3. The first-order valence-corrected chi connectivity index (χ1v) is 8.48. The number of carbonyl (C=O) groups is 1. The van der Waals surface area contributed by atoms with E-state index in [1.807, 2.05) is 63.2 Å². The maximum atomic E-state index is 12.7. The van der Waals surface area contributed by atoms with Crippen molar-refractivity contribution in [3.8, 4) is 5.75 Å². The Bertz CT molecular complexity index is 927. The van der Waals surface area contributed by atoms with Crippen molar-refractivity contribution in [3.05, 3.63) is 76.2 Å². The summed E-state index contributed by atoms with van der Waals surface area (Å²) in [5.74, 6) is 0.998. The minimum atomic E-state index is -0.307. The zero-order valence-corrected chi connectivity index (χ0v) is 15.4. The molecule has 0 fully saturated rings. The third-order valence-corrected chi connectivity index (χ3v) is 4.46. The number of nitrogens with zero attached hydrogens (tertiary/aromatic N) is 1. The van der Waals surface area contributed by atoms with E-state index in [0.717, 1.165) is 28.1 Å². The molecule has 1 N–H and O–H groups in total. The van der Waals surface area contributed by atoms with Crippen LogP contribution in [0.1, 0.15) is 38.5 Å². The molecule has 3 aromatic rings. The van der Waals surface area contributed by atoms with E-state index in [1.54, 1.807) is 6.92 Å². The molecule has 26 heavy (non-hydrogen) atoms. The van der Waals surface area contributed by atoms with Gasteiger partial charge in [0.1, 0.15) is 18.1 Å². The molecule has 0 spiro atoms. The van der Waals surface area contributed by atoms with Crippen molar-refractivity contribution < 1.29 is 14.1 Å². The van der Waals surface area contributed by atoms with E-state index in [2.05, 4.69) is 10.5 Å². The third kappa shape index (κ3) is 3.77. The standard InChI is InChI=1S/C21H22N2O3/c1-13-8-10-17(11-9-13)25-12-18-16(4)26-23-20(18)21(24)22-19-7-5-6-14(2)15(19)3/h5-11H,12H2,1-4H3,(H,22,24). The number of nitrogens with one attached hydrogen (secondary N) is 1. The van der Waals surface area contributed by atoms with E-state index in [9.17, 15) is 4.79 Å². The normalized spacial score (nSPS) is 10.6. The van der Waals surface area contributed by atoms with Gasteiger partial charge < -0.3 is 14.6 Å². The molecule has 0 aliphatic heterocycles. The third-order valence-electron chi connectivity index (χ3n) is 4.46. The van der Waals surface area contributed by atoms with Crippen molar-refractivity contribution >= 4 is 11.6 Å². The van der Waals surface area contributed by atoms with Gasteiger partial charge in [-0.25, -0.2) is 0 Å². The van der Waals surface area contributed by atoms with Crippen LogP contribution in [0.4, 0.5) is 5.69 Å². The predicted octanol–water partition coefficient (Wildman–Crippen LogP) is 4.74. The topological polar surface area (TPSA) is 64.4 Å². The van der Waals surface area contributed by atoms with E-state index < -0.39 is 0 Å². The van der Waals surface area contributed by atoms with Crippen molar-refractivity contribution in [1.82, 2.24) is 5.16 Å². The lowest BCUT2D eigenvalue weighted by Crippen LogP contribution is -2.16. The number of benzene rings is 2. The van der Waals surface area contributed by atoms with Gasteiger partial charge in [-0.1, -0.05) is 35.0 Å². The fraction of sp³-hybridized carbons (Fsp3) is 0.238. The lowest BCUT2D eigenvalue weighted by molar-refractivity contribution is 0.101. The second-order valence-electron chi connectivity index (χ2n) is 6.37. The van der Waals surface area contributed by atoms with E-state index >= 15 is 0 Å². The number of ether oxygens (including phenoxy) is 1. The van der Waals surface area contributed by atoms with Gasteiger partial charge in [-0.3, -0.25) is 4.79 Å². The summed E-state index contributed by atoms with van der Waals surface area (Å²) in [4.78, 5) is 12.7. The average Bonchev–Trinajstić information content (AvgIpc) is 2.99. The average molecular weight is 350 g/mol. The molecule has 0 radical (unpaired) electrons. The minimum Gasteiger partial charge on any atom is -0.489 e. The van der Waals surface area contributed by atoms with Gasteiger partial charge in [0.2, 0.25) is 0 Å². The highest BCUT2D eigenvalue weighted by Crippen LogP contribution is 2.22. The SMILES string of the molecule is Cc1ccc(OCc2c(C(=O)Nc3cccc(C)c3C)noc2C)cc1. The summed E-state index contributed by atoms with van der Waals surface area (Å²) in [6, 6.07) is 13.5. The van der Waals surface area contributed by atoms with Crippen molar-refractivity contribution in [2.45, 2.75) is 34.3 Å². The van der Waals surface area contributed by atoms with Crippen LogP contribution >= 0.6 is 0 Å². The fourth-order valence-corrected chi connectivity index (χ4v) is 2.60. The second-order valence-corrected chi connectivity index (χ2v) is 6.37. The highest BCUT2D eigenvalue weighted by Gasteiger charge is 2.21. The summed E-state index contributed by atoms with van der Waals surface area (Å²) in [6.07, 6.45) is 0. The number of anilines is 1. The minimum absolute atomic E-state index is 0.216. The number of hydrogen-bond acceptors (Lipinski definition) is 4. The van der Waals surface area contributed by atoms with Crippen molar-refractivity contribution in [2.75, 3.05) is 5.32 Å². The molecule has 5 nitrogen and oxygen atoms in total. The van der Waals surface area contributed by atoms with E-state index in [-0.39, 0.29) is 18.2 Å². The largest absolute Gasteiger partial charge is 0.489 e. The van der Waals surface area contributed by atoms with Crippen molar-refractivity contribution in [2.24, 2.45) is 0 Å². The van der Waals surface area contributed by atoms with Gasteiger partial charge in [0, 0.05) is 5.69 Å². The molecule has 0 unspecified atom stereocenters.